The number of nitrogens with zero attached hydrogens (tertiary/aromatic N) is 8. The molecule has 0 aliphatic carbocycles. The van der Waals surface area contributed by atoms with Crippen LogP contribution in [0.4, 0.5) is 17.1 Å². The van der Waals surface area contributed by atoms with Crippen molar-refractivity contribution in [2.24, 2.45) is 8.73 Å². The van der Waals surface area contributed by atoms with Gasteiger partial charge in [0.2, 0.25) is 0 Å². The Bertz CT molecular complexity index is 5160. The minimum atomic E-state index is -2.53. The number of halogens is 4. The zero-order valence-electron chi connectivity index (χ0n) is 69.1. The Labute approximate surface area is 719 Å². The third-order valence-electron chi connectivity index (χ3n) is 19.7. The quantitative estimate of drug-likeness (QED) is 0.0248. The van der Waals surface area contributed by atoms with Crippen molar-refractivity contribution in [3.05, 3.63) is 152 Å². The average Bonchev–Trinajstić information content (AvgIpc) is 1.63. The van der Waals surface area contributed by atoms with E-state index in [0.29, 0.717) is 81.3 Å². The molecule has 0 amide bonds. The van der Waals surface area contributed by atoms with Crippen LogP contribution >= 0.6 is 55.1 Å². The van der Waals surface area contributed by atoms with E-state index in [1.807, 2.05) is 186 Å². The van der Waals surface area contributed by atoms with E-state index in [4.69, 9.17) is 90.3 Å². The summed E-state index contributed by atoms with van der Waals surface area (Å²) < 4.78 is 119. The lowest BCUT2D eigenvalue weighted by molar-refractivity contribution is 0.00332. The van der Waals surface area contributed by atoms with Crippen molar-refractivity contribution in [1.82, 2.24) is 38.5 Å². The molecule has 5 fully saturated rings. The number of aliphatic hydroxyl groups is 2. The summed E-state index contributed by atoms with van der Waals surface area (Å²) >= 11 is 20.2. The zero-order chi connectivity index (χ0) is 84.7. The number of aromatic nitrogens is 6. The number of imidazole rings is 2. The van der Waals surface area contributed by atoms with Crippen LogP contribution < -0.4 is 29.1 Å². The minimum absolute atomic E-state index is 0.0643. The molecule has 9 heterocycles. The SMILES string of the molecule is CC(C)NS(C)(=O)=Nc1ccc(-c2ccc(-c3nc4c(cc3Cl)nc(O[C@@H]3CO[C@H]5[C@@H]3OC[C@H]5O)n4COCC[Si](C)(C)C)cc2)cc1.CC(C)NS(C)(=O)=Nc1ccc(Br)cc1.CC1(C)OB(c2ccc(-c3nc4c(cc3Cl)nc(O[C@@H]3CO[C@H]5[C@@H]3OC[C@H]5O)n4COCC[Si](C)(C)C)cc2)OC1(C)C.CS(=O)Nc1ccc(Br)cc1. The Morgan fingerprint density at radius 1 is 0.564 bits per heavy atom. The van der Waals surface area contributed by atoms with E-state index in [1.165, 1.54) is 0 Å². The van der Waals surface area contributed by atoms with Gasteiger partial charge in [-0.25, -0.2) is 32.0 Å². The first kappa shape index (κ1) is 92.1. The molecule has 3 unspecified atom stereocenters. The number of hydrogen-bond donors (Lipinski definition) is 5. The summed E-state index contributed by atoms with van der Waals surface area (Å²) in [7, 11) is -8.88. The molecule has 11 atom stereocenters. The number of ether oxygens (including phenoxy) is 8. The summed E-state index contributed by atoms with van der Waals surface area (Å²) in [6, 6.07) is 45.1. The van der Waals surface area contributed by atoms with Gasteiger partial charge in [0.1, 0.15) is 91.9 Å². The van der Waals surface area contributed by atoms with Gasteiger partial charge in [-0.1, -0.05) is 155 Å². The lowest BCUT2D eigenvalue weighted by Crippen LogP contribution is -2.41. The molecule has 9 aromatic rings. The van der Waals surface area contributed by atoms with Crippen LogP contribution in [0.2, 0.25) is 61.4 Å². The second-order valence-electron chi connectivity index (χ2n) is 33.5. The van der Waals surface area contributed by atoms with Crippen molar-refractivity contribution in [2.75, 3.05) is 63.1 Å². The molecule has 0 spiro atoms. The fourth-order valence-electron chi connectivity index (χ4n) is 13.1. The van der Waals surface area contributed by atoms with Crippen molar-refractivity contribution in [3.63, 3.8) is 0 Å². The standard InChI is InChI=1S/C34H44ClN5O6SSi.C30H41BClN3O7Si.C10H15BrN2OS.C7H8BrNOS/c1-21(2)38-47(3,42)39-25-13-11-23(12-14-25)22-7-9-24(10-8-22)30-26(35)17-27-33(37-30)40(20-43-15-16-48(4,5)6)34(36-27)46-29-19-45-31-28(41)18-44-32(29)31;1-29(2)30(3,4)42-31(41-29)19-10-8-18(9-11-19)24-20(32)14-21-27(34-24)35(17-37-12-13-43(5,6)7)28(33-21)40-23-16-39-25-22(36)15-38-26(23)25;1-8(2)12-15(3,14)13-10-6-4-9(11)5-7-10;1-11(10)9-7-4-2-6(8)3-5-7/h7-14,17,21,28-29,31-32,41H,15-16,18-20H2,1-6H3,(H,38,39,42);8-11,14,22-23,25-26,36H,12-13,15-17H2,1-7H3;4-8H,1-3H3,(H,12,13,14);2-5,9H,1H3/t28-,29-,31-,32-,47?;22-,23-,25-,26-;;/m11../s1. The third kappa shape index (κ3) is 25.1. The Kier molecular flexibility index (Phi) is 30.9. The fraction of sp³-hybridized carbons (Fsp3) is 0.481. The van der Waals surface area contributed by atoms with Gasteiger partial charge in [-0.2, -0.15) is 18.7 Å². The predicted molar refractivity (Wildman–Crippen MR) is 480 cm³/mol. The van der Waals surface area contributed by atoms with Crippen LogP contribution in [-0.2, 0) is 82.0 Å². The molecule has 5 aliphatic rings. The third-order valence-corrected chi connectivity index (χ3v) is 28.2. The van der Waals surface area contributed by atoms with Crippen LogP contribution in [0.25, 0.3) is 56.0 Å². The molecule has 4 aromatic heterocycles. The van der Waals surface area contributed by atoms with Crippen LogP contribution in [0.3, 0.4) is 0 Å². The lowest BCUT2D eigenvalue weighted by atomic mass is 9.79. The molecule has 36 heteroatoms. The number of pyridine rings is 2. The average molecular weight is 1870 g/mol. The maximum atomic E-state index is 12.7. The number of rotatable bonds is 26. The van der Waals surface area contributed by atoms with Gasteiger partial charge in [0.05, 0.1) is 70.4 Å². The van der Waals surface area contributed by atoms with E-state index in [9.17, 15) is 22.8 Å². The second kappa shape index (κ2) is 39.2. The Morgan fingerprint density at radius 2 is 0.923 bits per heavy atom. The molecule has 0 radical (unpaired) electrons. The Hall–Kier alpha value is -5.65. The van der Waals surface area contributed by atoms with Crippen molar-refractivity contribution >= 4 is 154 Å². The molecule has 0 saturated carbocycles. The van der Waals surface area contributed by atoms with Gasteiger partial charge in [-0.15, -0.1) is 0 Å². The summed E-state index contributed by atoms with van der Waals surface area (Å²) in [6.07, 6.45) is 1.04. The maximum Gasteiger partial charge on any atom is 0.494 e. The van der Waals surface area contributed by atoms with Crippen LogP contribution in [0, 0.1) is 0 Å². The molecule has 14 rings (SSSR count). The van der Waals surface area contributed by atoms with Crippen molar-refractivity contribution in [2.45, 2.75) is 192 Å². The highest BCUT2D eigenvalue weighted by molar-refractivity contribution is 9.10. The molecule has 26 nitrogen and oxygen atoms in total. The predicted octanol–water partition coefficient (Wildman–Crippen LogP) is 15.8. The van der Waals surface area contributed by atoms with E-state index >= 15 is 0 Å². The van der Waals surface area contributed by atoms with Crippen LogP contribution in [0.5, 0.6) is 12.0 Å². The van der Waals surface area contributed by atoms with Gasteiger partial charge in [-0.05, 0) is 157 Å². The first-order valence-corrected chi connectivity index (χ1v) is 53.9. The van der Waals surface area contributed by atoms with Crippen molar-refractivity contribution in [1.29, 1.82) is 0 Å². The molecule has 634 valence electrons. The summed E-state index contributed by atoms with van der Waals surface area (Å²) in [5, 5.41) is 21.3. The van der Waals surface area contributed by atoms with Gasteiger partial charge in [0.25, 0.3) is 0 Å². The summed E-state index contributed by atoms with van der Waals surface area (Å²) in [5.74, 6) is 0. The number of hydrogen-bond acceptors (Lipinski definition) is 21. The number of benzene rings is 5. The number of fused-ring (bicyclic) bond motifs is 4. The van der Waals surface area contributed by atoms with Crippen LogP contribution in [0.15, 0.2) is 151 Å². The van der Waals surface area contributed by atoms with Crippen LogP contribution in [-0.4, -0.2) is 206 Å². The van der Waals surface area contributed by atoms with Gasteiger partial charge >= 0.3 is 19.1 Å². The Morgan fingerprint density at radius 3 is 1.31 bits per heavy atom. The smallest absolute Gasteiger partial charge is 0.456 e. The van der Waals surface area contributed by atoms with E-state index in [1.54, 1.807) is 30.9 Å². The molecule has 5 N–H and O–H groups in total. The van der Waals surface area contributed by atoms with Crippen molar-refractivity contribution in [3.8, 4) is 45.7 Å². The highest BCUT2D eigenvalue weighted by Crippen LogP contribution is 2.40. The van der Waals surface area contributed by atoms with E-state index in [0.717, 1.165) is 60.1 Å². The van der Waals surface area contributed by atoms with E-state index < -0.39 is 102 Å². The van der Waals surface area contributed by atoms with Crippen molar-refractivity contribution < 1.29 is 70.0 Å². The topological polar surface area (TPSA) is 306 Å². The molecule has 5 aromatic carbocycles. The fourth-order valence-corrected chi connectivity index (χ4v) is 19.0. The molecule has 117 heavy (non-hydrogen) atoms. The molecule has 5 aliphatic heterocycles. The maximum absolute atomic E-state index is 12.7. The van der Waals surface area contributed by atoms with Gasteiger partial charge in [-0.3, -0.25) is 9.13 Å². The van der Waals surface area contributed by atoms with Gasteiger partial charge in [0, 0.05) is 86.0 Å². The van der Waals surface area contributed by atoms with E-state index in [-0.39, 0.29) is 57.6 Å². The van der Waals surface area contributed by atoms with Crippen LogP contribution in [0.1, 0.15) is 55.4 Å². The first-order chi connectivity index (χ1) is 55.1. The van der Waals surface area contributed by atoms with Gasteiger partial charge < -0.3 is 62.1 Å². The number of nitrogens with one attached hydrogen (secondary N) is 3. The minimum Gasteiger partial charge on any atom is -0.456 e. The number of aliphatic hydroxyl groups excluding tert-OH is 2. The molecule has 0 bridgehead atoms. The summed E-state index contributed by atoms with van der Waals surface area (Å²) in [6.45, 7) is 32.5. The zero-order valence-corrected chi connectivity index (χ0v) is 78.3. The first-order valence-electron chi connectivity index (χ1n) is 38.8. The molecule has 5 saturated heterocycles. The monoisotopic (exact) mass is 1870 g/mol. The largest absolute Gasteiger partial charge is 0.494 e. The highest BCUT2D eigenvalue weighted by Gasteiger charge is 2.53. The summed E-state index contributed by atoms with van der Waals surface area (Å²) in [5.41, 5.74) is 9.62. The number of anilines is 1. The molecular formula is C81H108BBr2Cl2N11O15S3Si2. The molecular weight excluding hydrogens is 1760 g/mol. The lowest BCUT2D eigenvalue weighted by Gasteiger charge is -2.32. The highest BCUT2D eigenvalue weighted by atomic mass is 79.9. The van der Waals surface area contributed by atoms with E-state index in [2.05, 4.69) is 94.0 Å². The normalized spacial score (nSPS) is 21.9. The van der Waals surface area contributed by atoms with Gasteiger partial charge in [0.15, 0.2) is 23.5 Å². The summed E-state index contributed by atoms with van der Waals surface area (Å²) in [4.78, 5) is 19.4. The second-order valence-corrected chi connectivity index (χ2v) is 52.6. The Balaban J connectivity index is 0.000000176.